The Morgan fingerprint density at radius 1 is 1.24 bits per heavy atom. The third-order valence-electron chi connectivity index (χ3n) is 9.46. The molecule has 0 aromatic carbocycles. The Labute approximate surface area is 174 Å². The number of amides is 1. The molecule has 0 bridgehead atoms. The molecule has 7 atom stereocenters. The number of allylic oxidation sites excluding steroid dienone is 2. The minimum absolute atomic E-state index is 0.137. The average molecular weight is 398 g/mol. The van der Waals surface area contributed by atoms with Gasteiger partial charge in [-0.15, -0.1) is 0 Å². The second kappa shape index (κ2) is 7.25. The highest BCUT2D eigenvalue weighted by molar-refractivity contribution is 5.97. The third-order valence-corrected chi connectivity index (χ3v) is 9.46. The lowest BCUT2D eigenvalue weighted by Crippen LogP contribution is -2.50. The molecule has 0 aliphatic heterocycles. The summed E-state index contributed by atoms with van der Waals surface area (Å²) in [5.41, 5.74) is 5.13. The van der Waals surface area contributed by atoms with E-state index in [1.54, 1.807) is 0 Å². The molecule has 1 unspecified atom stereocenters. The number of hydrogen-bond donors (Lipinski definition) is 3. The summed E-state index contributed by atoms with van der Waals surface area (Å²) < 4.78 is 0. The minimum Gasteiger partial charge on any atom is -0.393 e. The van der Waals surface area contributed by atoms with Crippen LogP contribution in [-0.4, -0.2) is 17.1 Å². The second-order valence-electron chi connectivity index (χ2n) is 10.5. The highest BCUT2D eigenvalue weighted by Crippen LogP contribution is 2.67. The molecule has 1 amide bonds. The Morgan fingerprint density at radius 3 is 2.69 bits per heavy atom. The Morgan fingerprint density at radius 2 is 2.00 bits per heavy atom. The largest absolute Gasteiger partial charge is 0.393 e. The minimum atomic E-state index is -0.468. The molecule has 3 saturated carbocycles. The quantitative estimate of drug-likeness (QED) is 0.165. The van der Waals surface area contributed by atoms with E-state index in [0.29, 0.717) is 17.8 Å². The van der Waals surface area contributed by atoms with Gasteiger partial charge in [0.05, 0.1) is 6.10 Å². The molecule has 5 heteroatoms. The third kappa shape index (κ3) is 2.99. The smallest absolute Gasteiger partial charge is 0.275 e. The number of rotatable bonds is 2. The molecular formula is C24H35N3O2. The number of nitrogens with two attached hydrogens (primary N) is 1. The molecule has 0 aromatic heterocycles. The zero-order chi connectivity index (χ0) is 21.0. The van der Waals surface area contributed by atoms with E-state index in [0.717, 1.165) is 44.1 Å². The lowest BCUT2D eigenvalue weighted by atomic mass is 9.47. The van der Waals surface area contributed by atoms with Crippen molar-refractivity contribution in [1.82, 2.24) is 5.43 Å². The summed E-state index contributed by atoms with van der Waals surface area (Å²) in [6.07, 6.45) is 10.8. The maximum absolute atomic E-state index is 12.1. The summed E-state index contributed by atoms with van der Waals surface area (Å²) in [4.78, 5) is 12.1. The standard InChI is InChI=1S/C24H35N3O2/c1-14(18(13-25)22(29)27-26)19-6-7-20-17-5-4-15-12-16(28)8-10-23(15,2)21(17)9-11-24(19,20)3/h4,16-17,19-21,28H,5-12,26H2,1-3H3,(H,27,29)/t16?,17-,19+,20-,21-,23-,24+/m0/s1. The van der Waals surface area contributed by atoms with Gasteiger partial charge in [0, 0.05) is 0 Å². The molecule has 5 nitrogen and oxygen atoms in total. The van der Waals surface area contributed by atoms with Gasteiger partial charge in [-0.25, -0.2) is 5.84 Å². The number of nitriles is 1. The topological polar surface area (TPSA) is 99.1 Å². The van der Waals surface area contributed by atoms with Gasteiger partial charge in [-0.3, -0.25) is 10.2 Å². The Bertz CT molecular complexity index is 809. The van der Waals surface area contributed by atoms with E-state index in [2.05, 4.69) is 31.4 Å². The van der Waals surface area contributed by atoms with Crippen molar-refractivity contribution in [2.24, 2.45) is 40.3 Å². The molecule has 29 heavy (non-hydrogen) atoms. The van der Waals surface area contributed by atoms with Gasteiger partial charge in [-0.05, 0) is 98.4 Å². The molecule has 4 rings (SSSR count). The van der Waals surface area contributed by atoms with Crippen molar-refractivity contribution in [2.75, 3.05) is 0 Å². The lowest BCUT2D eigenvalue weighted by Gasteiger charge is -2.58. The van der Waals surface area contributed by atoms with Crippen LogP contribution in [0.3, 0.4) is 0 Å². The highest BCUT2D eigenvalue weighted by Gasteiger charge is 2.58. The first kappa shape index (κ1) is 20.6. The summed E-state index contributed by atoms with van der Waals surface area (Å²) in [7, 11) is 0. The van der Waals surface area contributed by atoms with Crippen molar-refractivity contribution in [3.8, 4) is 6.07 Å². The molecule has 3 fully saturated rings. The number of carbonyl (C=O) groups is 1. The lowest BCUT2D eigenvalue weighted by molar-refractivity contribution is -0.117. The fraction of sp³-hybridized carbons (Fsp3) is 0.750. The van der Waals surface area contributed by atoms with Crippen LogP contribution < -0.4 is 11.3 Å². The van der Waals surface area contributed by atoms with Crippen LogP contribution >= 0.6 is 0 Å². The van der Waals surface area contributed by atoms with Gasteiger partial charge < -0.3 is 5.11 Å². The average Bonchev–Trinajstić information content (AvgIpc) is 3.06. The SMILES string of the molecule is CC(=C(C#N)C(=O)NN)[C@H]1CC[C@H]2[C@@H]3CC=C4CC(O)CC[C@]4(C)[C@H]3CC[C@]12C. The fourth-order valence-corrected chi connectivity index (χ4v) is 7.92. The first-order valence-corrected chi connectivity index (χ1v) is 11.3. The van der Waals surface area contributed by atoms with Gasteiger partial charge in [0.25, 0.3) is 5.91 Å². The van der Waals surface area contributed by atoms with Crippen LogP contribution in [0.4, 0.5) is 0 Å². The molecule has 0 aromatic rings. The van der Waals surface area contributed by atoms with Gasteiger partial charge in [0.15, 0.2) is 0 Å². The summed E-state index contributed by atoms with van der Waals surface area (Å²) in [6, 6.07) is 2.10. The maximum atomic E-state index is 12.1. The predicted molar refractivity (Wildman–Crippen MR) is 112 cm³/mol. The maximum Gasteiger partial charge on any atom is 0.275 e. The Hall–Kier alpha value is -1.64. The van der Waals surface area contributed by atoms with Gasteiger partial charge in [-0.1, -0.05) is 25.5 Å². The monoisotopic (exact) mass is 397 g/mol. The van der Waals surface area contributed by atoms with E-state index in [9.17, 15) is 15.2 Å². The number of aliphatic hydroxyl groups is 1. The van der Waals surface area contributed by atoms with E-state index in [1.807, 2.05) is 6.92 Å². The summed E-state index contributed by atoms with van der Waals surface area (Å²) in [5, 5.41) is 19.7. The summed E-state index contributed by atoms with van der Waals surface area (Å²) >= 11 is 0. The Balaban J connectivity index is 1.65. The predicted octanol–water partition coefficient (Wildman–Crippen LogP) is 3.76. The van der Waals surface area contributed by atoms with Crippen LogP contribution in [0.15, 0.2) is 22.8 Å². The number of nitrogens with zero attached hydrogens (tertiary/aromatic N) is 1. The molecule has 0 spiro atoms. The van der Waals surface area contributed by atoms with Crippen LogP contribution in [0.2, 0.25) is 0 Å². The number of carbonyl (C=O) groups excluding carboxylic acids is 1. The van der Waals surface area contributed by atoms with Crippen molar-refractivity contribution in [3.63, 3.8) is 0 Å². The molecular weight excluding hydrogens is 362 g/mol. The van der Waals surface area contributed by atoms with Gasteiger partial charge in [0.2, 0.25) is 0 Å². The van der Waals surface area contributed by atoms with Crippen LogP contribution in [0.25, 0.3) is 0 Å². The zero-order valence-electron chi connectivity index (χ0n) is 18.0. The van der Waals surface area contributed by atoms with Crippen LogP contribution in [-0.2, 0) is 4.79 Å². The fourth-order valence-electron chi connectivity index (χ4n) is 7.92. The van der Waals surface area contributed by atoms with Gasteiger partial charge in [-0.2, -0.15) is 5.26 Å². The molecule has 4 aliphatic carbocycles. The molecule has 0 saturated heterocycles. The summed E-state index contributed by atoms with van der Waals surface area (Å²) in [5.74, 6) is 7.11. The van der Waals surface area contributed by atoms with Gasteiger partial charge >= 0.3 is 0 Å². The van der Waals surface area contributed by atoms with Crippen LogP contribution in [0.1, 0.15) is 72.1 Å². The molecule has 4 N–H and O–H groups in total. The highest BCUT2D eigenvalue weighted by atomic mass is 16.3. The molecule has 0 heterocycles. The second-order valence-corrected chi connectivity index (χ2v) is 10.5. The number of fused-ring (bicyclic) bond motifs is 5. The number of aliphatic hydroxyl groups excluding tert-OH is 1. The molecule has 0 radical (unpaired) electrons. The van der Waals surface area contributed by atoms with Crippen molar-refractivity contribution < 1.29 is 9.90 Å². The summed E-state index contributed by atoms with van der Waals surface area (Å²) in [6.45, 7) is 6.80. The number of nitrogens with one attached hydrogen (secondary N) is 1. The normalized spacial score (nSPS) is 44.4. The first-order valence-electron chi connectivity index (χ1n) is 11.3. The van der Waals surface area contributed by atoms with E-state index in [-0.39, 0.29) is 28.4 Å². The van der Waals surface area contributed by atoms with E-state index < -0.39 is 5.91 Å². The van der Waals surface area contributed by atoms with Crippen molar-refractivity contribution >= 4 is 5.91 Å². The molecule has 4 aliphatic rings. The number of hydrogen-bond acceptors (Lipinski definition) is 4. The van der Waals surface area contributed by atoms with E-state index in [1.165, 1.54) is 18.4 Å². The Kier molecular flexibility index (Phi) is 5.16. The van der Waals surface area contributed by atoms with E-state index >= 15 is 0 Å². The first-order chi connectivity index (χ1) is 13.8. The van der Waals surface area contributed by atoms with Crippen molar-refractivity contribution in [2.45, 2.75) is 78.2 Å². The van der Waals surface area contributed by atoms with Crippen LogP contribution in [0.5, 0.6) is 0 Å². The van der Waals surface area contributed by atoms with Crippen molar-refractivity contribution in [1.29, 1.82) is 5.26 Å². The zero-order valence-corrected chi connectivity index (χ0v) is 18.0. The van der Waals surface area contributed by atoms with Crippen molar-refractivity contribution in [3.05, 3.63) is 22.8 Å². The van der Waals surface area contributed by atoms with E-state index in [4.69, 9.17) is 5.84 Å². The number of hydrazine groups is 1. The van der Waals surface area contributed by atoms with Gasteiger partial charge in [0.1, 0.15) is 11.6 Å². The van der Waals surface area contributed by atoms with Crippen LogP contribution in [0, 0.1) is 45.8 Å². The molecule has 158 valence electrons.